The van der Waals surface area contributed by atoms with E-state index in [0.29, 0.717) is 30.2 Å². The summed E-state index contributed by atoms with van der Waals surface area (Å²) < 4.78 is 35.4. The van der Waals surface area contributed by atoms with Crippen LogP contribution in [0, 0.1) is 13.8 Å². The first-order valence-corrected chi connectivity index (χ1v) is 17.1. The number of amides is 2. The molecule has 0 saturated heterocycles. The molecule has 0 aliphatic heterocycles. The zero-order valence-corrected chi connectivity index (χ0v) is 27.8. The number of sulfonamides is 1. The van der Waals surface area contributed by atoms with Gasteiger partial charge in [0.05, 0.1) is 10.6 Å². The lowest BCUT2D eigenvalue weighted by Gasteiger charge is -2.33. The van der Waals surface area contributed by atoms with Gasteiger partial charge in [0, 0.05) is 13.1 Å². The highest BCUT2D eigenvalue weighted by Crippen LogP contribution is 2.29. The monoisotopic (exact) mass is 641 g/mol. The Morgan fingerprint density at radius 3 is 2.07 bits per heavy atom. The van der Waals surface area contributed by atoms with Crippen LogP contribution in [0.3, 0.4) is 0 Å². The highest BCUT2D eigenvalue weighted by Gasteiger charge is 2.33. The van der Waals surface area contributed by atoms with Crippen molar-refractivity contribution in [2.24, 2.45) is 0 Å². The van der Waals surface area contributed by atoms with E-state index in [1.807, 2.05) is 82.3 Å². The van der Waals surface area contributed by atoms with Crippen LogP contribution in [0.1, 0.15) is 49.8 Å². The molecule has 1 N–H and O–H groups in total. The van der Waals surface area contributed by atoms with Gasteiger partial charge >= 0.3 is 0 Å². The first-order valence-electron chi connectivity index (χ1n) is 15.7. The van der Waals surface area contributed by atoms with Gasteiger partial charge in [0.2, 0.25) is 11.8 Å². The first-order chi connectivity index (χ1) is 22.1. The van der Waals surface area contributed by atoms with Gasteiger partial charge in [-0.3, -0.25) is 13.9 Å². The fraction of sp³-hybridized carbons (Fsp3) is 0.297. The van der Waals surface area contributed by atoms with Crippen molar-refractivity contribution >= 4 is 27.5 Å². The Bertz CT molecular complexity index is 1690. The van der Waals surface area contributed by atoms with Gasteiger partial charge in [0.15, 0.2) is 0 Å². The molecule has 8 nitrogen and oxygen atoms in total. The number of para-hydroxylation sites is 1. The maximum Gasteiger partial charge on any atom is 0.264 e. The van der Waals surface area contributed by atoms with Crippen molar-refractivity contribution in [2.45, 2.75) is 64.4 Å². The van der Waals surface area contributed by atoms with Crippen LogP contribution in [-0.2, 0) is 26.2 Å². The maximum atomic E-state index is 14.3. The predicted octanol–water partition coefficient (Wildman–Crippen LogP) is 7.01. The quantitative estimate of drug-likeness (QED) is 0.141. The zero-order chi connectivity index (χ0) is 33.1. The number of carbonyl (C=O) groups is 2. The molecule has 46 heavy (non-hydrogen) atoms. The Hall–Kier alpha value is -4.63. The molecule has 9 heteroatoms. The van der Waals surface area contributed by atoms with Crippen LogP contribution in [0.4, 0.5) is 5.69 Å². The van der Waals surface area contributed by atoms with E-state index in [1.54, 1.807) is 36.4 Å². The Morgan fingerprint density at radius 1 is 0.804 bits per heavy atom. The van der Waals surface area contributed by atoms with E-state index in [4.69, 9.17) is 4.74 Å². The van der Waals surface area contributed by atoms with Crippen molar-refractivity contribution in [2.75, 3.05) is 17.4 Å². The third kappa shape index (κ3) is 8.75. The van der Waals surface area contributed by atoms with E-state index >= 15 is 0 Å². The largest absolute Gasteiger partial charge is 0.457 e. The summed E-state index contributed by atoms with van der Waals surface area (Å²) in [5.74, 6) is 0.420. The van der Waals surface area contributed by atoms with E-state index in [0.717, 1.165) is 33.8 Å². The van der Waals surface area contributed by atoms with Gasteiger partial charge in [-0.1, -0.05) is 80.4 Å². The topological polar surface area (TPSA) is 96.0 Å². The molecule has 0 radical (unpaired) electrons. The van der Waals surface area contributed by atoms with Gasteiger partial charge in [-0.05, 0) is 86.3 Å². The molecule has 0 aromatic heterocycles. The Kier molecular flexibility index (Phi) is 12.0. The van der Waals surface area contributed by atoms with Crippen LogP contribution in [0.5, 0.6) is 11.5 Å². The summed E-state index contributed by atoms with van der Waals surface area (Å²) in [6, 6.07) is 29.3. The van der Waals surface area contributed by atoms with Crippen molar-refractivity contribution in [3.8, 4) is 11.5 Å². The molecule has 0 spiro atoms. The van der Waals surface area contributed by atoms with Crippen molar-refractivity contribution < 1.29 is 22.7 Å². The molecular formula is C37H43N3O5S. The molecule has 0 aliphatic rings. The van der Waals surface area contributed by atoms with Crippen molar-refractivity contribution in [3.05, 3.63) is 120 Å². The smallest absolute Gasteiger partial charge is 0.264 e. The number of unbranched alkanes of at least 4 members (excludes halogenated alkanes) is 1. The standard InChI is InChI=1S/C37H43N3O5S/c1-5-7-25-38-37(42)35(6-2)39(26-30-14-12-11-13-29(30)4)36(41)27-40(46(43,44)34-23-17-28(3)18-24-34)31-19-21-33(22-20-31)45-32-15-9-8-10-16-32/h8-24,35H,5-7,25-27H2,1-4H3,(H,38,42)/t35-/m1/s1. The van der Waals surface area contributed by atoms with Crippen molar-refractivity contribution in [1.29, 1.82) is 0 Å². The molecule has 2 amide bonds. The summed E-state index contributed by atoms with van der Waals surface area (Å²) in [4.78, 5) is 29.3. The van der Waals surface area contributed by atoms with Crippen LogP contribution in [0.15, 0.2) is 108 Å². The van der Waals surface area contributed by atoms with Crippen LogP contribution in [0.2, 0.25) is 0 Å². The number of aryl methyl sites for hydroxylation is 2. The second-order valence-corrected chi connectivity index (χ2v) is 13.1. The SMILES string of the molecule is CCCCNC(=O)[C@@H](CC)N(Cc1ccccc1C)C(=O)CN(c1ccc(Oc2ccccc2)cc1)S(=O)(=O)c1ccc(C)cc1. The average Bonchev–Trinajstić information content (AvgIpc) is 3.05. The summed E-state index contributed by atoms with van der Waals surface area (Å²) in [5, 5.41) is 2.96. The number of anilines is 1. The lowest BCUT2D eigenvalue weighted by atomic mass is 10.1. The molecule has 0 unspecified atom stereocenters. The number of ether oxygens (including phenoxy) is 1. The van der Waals surface area contributed by atoms with Crippen LogP contribution in [0.25, 0.3) is 0 Å². The van der Waals surface area contributed by atoms with Gasteiger partial charge in [-0.25, -0.2) is 8.42 Å². The number of carbonyl (C=O) groups excluding carboxylic acids is 2. The van der Waals surface area contributed by atoms with Gasteiger partial charge in [-0.15, -0.1) is 0 Å². The van der Waals surface area contributed by atoms with E-state index in [2.05, 4.69) is 5.32 Å². The number of hydrogen-bond donors (Lipinski definition) is 1. The Morgan fingerprint density at radius 2 is 1.43 bits per heavy atom. The normalized spacial score (nSPS) is 11.8. The number of nitrogens with zero attached hydrogens (tertiary/aromatic N) is 2. The predicted molar refractivity (Wildman–Crippen MR) is 182 cm³/mol. The van der Waals surface area contributed by atoms with Crippen LogP contribution in [-0.4, -0.2) is 44.3 Å². The van der Waals surface area contributed by atoms with E-state index in [-0.39, 0.29) is 17.3 Å². The molecule has 0 heterocycles. The summed E-state index contributed by atoms with van der Waals surface area (Å²) in [6.07, 6.45) is 2.11. The maximum absolute atomic E-state index is 14.3. The van der Waals surface area contributed by atoms with Crippen LogP contribution < -0.4 is 14.4 Å². The zero-order valence-electron chi connectivity index (χ0n) is 27.0. The molecule has 0 saturated carbocycles. The Balaban J connectivity index is 1.72. The lowest BCUT2D eigenvalue weighted by Crippen LogP contribution is -2.52. The average molecular weight is 642 g/mol. The van der Waals surface area contributed by atoms with Crippen molar-refractivity contribution in [1.82, 2.24) is 10.2 Å². The number of benzene rings is 4. The van der Waals surface area contributed by atoms with Crippen molar-refractivity contribution in [3.63, 3.8) is 0 Å². The number of nitrogens with one attached hydrogen (secondary N) is 1. The molecule has 0 aliphatic carbocycles. The van der Waals surface area contributed by atoms with Gasteiger partial charge in [0.25, 0.3) is 10.0 Å². The van der Waals surface area contributed by atoms with Gasteiger partial charge in [-0.2, -0.15) is 0 Å². The van der Waals surface area contributed by atoms with Gasteiger partial charge in [0.1, 0.15) is 24.1 Å². The number of rotatable bonds is 15. The minimum atomic E-state index is -4.18. The minimum Gasteiger partial charge on any atom is -0.457 e. The summed E-state index contributed by atoms with van der Waals surface area (Å²) in [7, 11) is -4.18. The summed E-state index contributed by atoms with van der Waals surface area (Å²) in [5.41, 5.74) is 3.06. The molecule has 4 aromatic rings. The second kappa shape index (κ2) is 16.1. The molecule has 242 valence electrons. The fourth-order valence-electron chi connectivity index (χ4n) is 5.07. The van der Waals surface area contributed by atoms with E-state index < -0.39 is 28.5 Å². The Labute approximate surface area is 273 Å². The number of hydrogen-bond acceptors (Lipinski definition) is 5. The summed E-state index contributed by atoms with van der Waals surface area (Å²) in [6.45, 7) is 7.89. The molecule has 0 fully saturated rings. The fourth-order valence-corrected chi connectivity index (χ4v) is 6.48. The third-order valence-corrected chi connectivity index (χ3v) is 9.60. The highest BCUT2D eigenvalue weighted by atomic mass is 32.2. The first kappa shape index (κ1) is 34.2. The van der Waals surface area contributed by atoms with Gasteiger partial charge < -0.3 is 15.0 Å². The lowest BCUT2D eigenvalue weighted by molar-refractivity contribution is -0.140. The van der Waals surface area contributed by atoms with Crippen LogP contribution >= 0.6 is 0 Å². The molecular weight excluding hydrogens is 598 g/mol. The minimum absolute atomic E-state index is 0.0605. The third-order valence-electron chi connectivity index (χ3n) is 7.81. The second-order valence-electron chi connectivity index (χ2n) is 11.3. The molecule has 0 bridgehead atoms. The highest BCUT2D eigenvalue weighted by molar-refractivity contribution is 7.92. The summed E-state index contributed by atoms with van der Waals surface area (Å²) >= 11 is 0. The van der Waals surface area contributed by atoms with E-state index in [1.165, 1.54) is 17.0 Å². The molecule has 4 rings (SSSR count). The van der Waals surface area contributed by atoms with E-state index in [9.17, 15) is 18.0 Å². The molecule has 1 atom stereocenters. The molecule has 4 aromatic carbocycles.